The highest BCUT2D eigenvalue weighted by molar-refractivity contribution is 6.74. The molecule has 1 rings (SSSR count). The second-order valence-electron chi connectivity index (χ2n) is 10.4. The maximum absolute atomic E-state index is 11.0. The summed E-state index contributed by atoms with van der Waals surface area (Å²) in [5.41, 5.74) is 1.05. The van der Waals surface area contributed by atoms with Gasteiger partial charge in [-0.25, -0.2) is 0 Å². The summed E-state index contributed by atoms with van der Waals surface area (Å²) in [6, 6.07) is 9.83. The normalized spacial score (nSPS) is 17.8. The molecular weight excluding hydrogens is 424 g/mol. The molecule has 0 bridgehead atoms. The van der Waals surface area contributed by atoms with Gasteiger partial charge in [0.05, 0.1) is 31.5 Å². The topological polar surface area (TPSA) is 77.4 Å². The second kappa shape index (κ2) is 13.2. The minimum atomic E-state index is -2.12. The molecule has 6 nitrogen and oxygen atoms in total. The van der Waals surface area contributed by atoms with Crippen LogP contribution in [0, 0.1) is 11.8 Å². The van der Waals surface area contributed by atoms with Gasteiger partial charge in [0.1, 0.15) is 0 Å². The first kappa shape index (κ1) is 29.2. The number of aliphatic hydroxyl groups excluding tert-OH is 2. The molecule has 0 aliphatic rings. The molecule has 0 fully saturated rings. The van der Waals surface area contributed by atoms with Crippen molar-refractivity contribution in [2.75, 3.05) is 20.8 Å². The second-order valence-corrected chi connectivity index (χ2v) is 15.1. The highest BCUT2D eigenvalue weighted by atomic mass is 28.4. The standard InChI is InChI=1S/C25H46O6Si/c1-18(22(27)15-21(26)17-30-16-20-13-11-10-12-14-20)23(19(2)24(28-6)29-7)31-32(8,9)25(3,4)5/h10-14,18-19,21-24,26-27H,15-17H2,1-9H3/t18-,19+,21-,22-,23-/m1/s1. The first-order chi connectivity index (χ1) is 14.8. The molecule has 1 aromatic rings. The third-order valence-electron chi connectivity index (χ3n) is 6.71. The van der Waals surface area contributed by atoms with Gasteiger partial charge >= 0.3 is 0 Å². The summed E-state index contributed by atoms with van der Waals surface area (Å²) < 4.78 is 23.4. The van der Waals surface area contributed by atoms with Crippen molar-refractivity contribution in [1.82, 2.24) is 0 Å². The quantitative estimate of drug-likeness (QED) is 0.306. The number of benzene rings is 1. The first-order valence-electron chi connectivity index (χ1n) is 11.5. The average Bonchev–Trinajstić information content (AvgIpc) is 2.72. The van der Waals surface area contributed by atoms with E-state index in [-0.39, 0.29) is 36.0 Å². The van der Waals surface area contributed by atoms with Crippen molar-refractivity contribution in [3.05, 3.63) is 35.9 Å². The van der Waals surface area contributed by atoms with Crippen molar-refractivity contribution in [2.24, 2.45) is 11.8 Å². The van der Waals surface area contributed by atoms with Crippen molar-refractivity contribution >= 4 is 8.32 Å². The summed E-state index contributed by atoms with van der Waals surface area (Å²) in [4.78, 5) is 0. The number of ether oxygens (including phenoxy) is 3. The van der Waals surface area contributed by atoms with Gasteiger partial charge in [-0.1, -0.05) is 65.0 Å². The highest BCUT2D eigenvalue weighted by Gasteiger charge is 2.44. The Hall–Kier alpha value is -0.803. The van der Waals surface area contributed by atoms with Crippen LogP contribution in [-0.2, 0) is 25.2 Å². The van der Waals surface area contributed by atoms with Crippen LogP contribution in [0.25, 0.3) is 0 Å². The van der Waals surface area contributed by atoms with Crippen LogP contribution in [0.2, 0.25) is 18.1 Å². The van der Waals surface area contributed by atoms with Crippen LogP contribution in [0.15, 0.2) is 30.3 Å². The molecule has 0 radical (unpaired) electrons. The fourth-order valence-corrected chi connectivity index (χ4v) is 5.02. The van der Waals surface area contributed by atoms with Crippen LogP contribution >= 0.6 is 0 Å². The highest BCUT2D eigenvalue weighted by Crippen LogP contribution is 2.40. The zero-order valence-corrected chi connectivity index (χ0v) is 22.5. The van der Waals surface area contributed by atoms with Gasteiger partial charge in [-0.05, 0) is 23.7 Å². The first-order valence-corrected chi connectivity index (χ1v) is 14.5. The van der Waals surface area contributed by atoms with Gasteiger partial charge in [-0.15, -0.1) is 0 Å². The lowest BCUT2D eigenvalue weighted by molar-refractivity contribution is -0.165. The zero-order valence-electron chi connectivity index (χ0n) is 21.5. The van der Waals surface area contributed by atoms with Gasteiger partial charge < -0.3 is 28.8 Å². The van der Waals surface area contributed by atoms with Gasteiger partial charge in [0.15, 0.2) is 14.6 Å². The van der Waals surface area contributed by atoms with Crippen LogP contribution in [0.5, 0.6) is 0 Å². The lowest BCUT2D eigenvalue weighted by Gasteiger charge is -2.44. The number of rotatable bonds is 14. The van der Waals surface area contributed by atoms with E-state index in [0.29, 0.717) is 6.61 Å². The lowest BCUT2D eigenvalue weighted by Crippen LogP contribution is -2.51. The van der Waals surface area contributed by atoms with E-state index in [1.54, 1.807) is 14.2 Å². The van der Waals surface area contributed by atoms with Gasteiger partial charge in [-0.3, -0.25) is 0 Å². The minimum Gasteiger partial charge on any atom is -0.413 e. The Morgan fingerprint density at radius 3 is 2.00 bits per heavy atom. The summed E-state index contributed by atoms with van der Waals surface area (Å²) in [6.45, 7) is 15.6. The van der Waals surface area contributed by atoms with Crippen molar-refractivity contribution in [3.8, 4) is 0 Å². The van der Waals surface area contributed by atoms with Crippen LogP contribution in [-0.4, -0.2) is 64.0 Å². The Labute approximate surface area is 196 Å². The van der Waals surface area contributed by atoms with Crippen molar-refractivity contribution in [2.45, 2.75) is 90.4 Å². The Morgan fingerprint density at radius 1 is 0.938 bits per heavy atom. The summed E-state index contributed by atoms with van der Waals surface area (Å²) in [5.74, 6) is -0.328. The molecule has 5 atom stereocenters. The molecule has 186 valence electrons. The smallest absolute Gasteiger partial charge is 0.192 e. The average molecular weight is 471 g/mol. The third kappa shape index (κ3) is 8.86. The Bertz CT molecular complexity index is 629. The van der Waals surface area contributed by atoms with Crippen LogP contribution in [0.1, 0.15) is 46.6 Å². The van der Waals surface area contributed by atoms with E-state index in [2.05, 4.69) is 33.9 Å². The van der Waals surface area contributed by atoms with E-state index in [9.17, 15) is 10.2 Å². The molecule has 0 aliphatic carbocycles. The van der Waals surface area contributed by atoms with Gasteiger partial charge in [0.25, 0.3) is 0 Å². The number of hydrogen-bond acceptors (Lipinski definition) is 6. The number of hydrogen-bond donors (Lipinski definition) is 2. The number of aliphatic hydroxyl groups is 2. The minimum absolute atomic E-state index is 0.0239. The van der Waals surface area contributed by atoms with E-state index in [4.69, 9.17) is 18.6 Å². The molecule has 0 amide bonds. The SMILES string of the molecule is COC(OC)[C@@H](C)[C@H](O[Si](C)(C)C(C)(C)C)[C@H](C)[C@H](O)C[C@@H](O)COCc1ccccc1. The van der Waals surface area contributed by atoms with E-state index >= 15 is 0 Å². The number of methoxy groups -OCH3 is 2. The molecule has 0 heterocycles. The van der Waals surface area contributed by atoms with Crippen molar-refractivity contribution in [3.63, 3.8) is 0 Å². The van der Waals surface area contributed by atoms with E-state index < -0.39 is 26.8 Å². The van der Waals surface area contributed by atoms with Crippen LogP contribution in [0.4, 0.5) is 0 Å². The molecule has 1 aromatic carbocycles. The molecular formula is C25H46O6Si. The van der Waals surface area contributed by atoms with Crippen molar-refractivity contribution < 1.29 is 28.8 Å². The third-order valence-corrected chi connectivity index (χ3v) is 11.2. The predicted octanol–water partition coefficient (Wildman–Crippen LogP) is 4.60. The van der Waals surface area contributed by atoms with Crippen molar-refractivity contribution in [1.29, 1.82) is 0 Å². The summed E-state index contributed by atoms with van der Waals surface area (Å²) in [5, 5.41) is 21.5. The fraction of sp³-hybridized carbons (Fsp3) is 0.760. The molecule has 0 spiro atoms. The summed E-state index contributed by atoms with van der Waals surface area (Å²) in [7, 11) is 1.11. The van der Waals surface area contributed by atoms with Gasteiger partial charge in [0.2, 0.25) is 0 Å². The molecule has 0 saturated carbocycles. The molecule has 0 aliphatic heterocycles. The predicted molar refractivity (Wildman–Crippen MR) is 131 cm³/mol. The van der Waals surface area contributed by atoms with E-state index in [1.807, 2.05) is 44.2 Å². The van der Waals surface area contributed by atoms with E-state index in [0.717, 1.165) is 5.56 Å². The van der Waals surface area contributed by atoms with Crippen LogP contribution in [0.3, 0.4) is 0 Å². The molecule has 0 aromatic heterocycles. The monoisotopic (exact) mass is 470 g/mol. The van der Waals surface area contributed by atoms with E-state index in [1.165, 1.54) is 0 Å². The van der Waals surface area contributed by atoms with Crippen LogP contribution < -0.4 is 0 Å². The maximum Gasteiger partial charge on any atom is 0.192 e. The summed E-state index contributed by atoms with van der Waals surface area (Å²) in [6.07, 6.45) is -2.03. The molecule has 2 N–H and O–H groups in total. The fourth-order valence-electron chi connectivity index (χ4n) is 3.56. The maximum atomic E-state index is 11.0. The van der Waals surface area contributed by atoms with Gasteiger partial charge in [-0.2, -0.15) is 0 Å². The lowest BCUT2D eigenvalue weighted by atomic mass is 9.86. The molecule has 0 saturated heterocycles. The van der Waals surface area contributed by atoms with Gasteiger partial charge in [0, 0.05) is 32.5 Å². The Kier molecular flexibility index (Phi) is 12.0. The Morgan fingerprint density at radius 2 is 1.50 bits per heavy atom. The Balaban J connectivity index is 2.81. The molecule has 7 heteroatoms. The largest absolute Gasteiger partial charge is 0.413 e. The molecule has 0 unspecified atom stereocenters. The molecule has 32 heavy (non-hydrogen) atoms. The summed E-state index contributed by atoms with van der Waals surface area (Å²) >= 11 is 0. The zero-order chi connectivity index (χ0) is 24.5.